The summed E-state index contributed by atoms with van der Waals surface area (Å²) in [6.45, 7) is 4.25. The van der Waals surface area contributed by atoms with Crippen molar-refractivity contribution in [3.05, 3.63) is 47.2 Å². The third-order valence-corrected chi connectivity index (χ3v) is 3.97. The molecule has 0 amide bonds. The average molecular weight is 256 g/mol. The zero-order valence-electron chi connectivity index (χ0n) is 11.3. The SMILES string of the molecule is CCC1c2[nH]nc(N)c2CCN1Cc1ccccc1. The Morgan fingerprint density at radius 1 is 1.37 bits per heavy atom. The Morgan fingerprint density at radius 3 is 2.89 bits per heavy atom. The van der Waals surface area contributed by atoms with Crippen LogP contribution >= 0.6 is 0 Å². The molecule has 1 aromatic carbocycles. The van der Waals surface area contributed by atoms with Crippen LogP contribution in [-0.2, 0) is 13.0 Å². The summed E-state index contributed by atoms with van der Waals surface area (Å²) in [6, 6.07) is 11.0. The molecule has 1 aliphatic heterocycles. The van der Waals surface area contributed by atoms with Crippen LogP contribution < -0.4 is 5.73 Å². The fraction of sp³-hybridized carbons (Fsp3) is 0.400. The minimum Gasteiger partial charge on any atom is -0.382 e. The van der Waals surface area contributed by atoms with Gasteiger partial charge >= 0.3 is 0 Å². The summed E-state index contributed by atoms with van der Waals surface area (Å²) >= 11 is 0. The molecule has 0 saturated carbocycles. The topological polar surface area (TPSA) is 57.9 Å². The standard InChI is InChI=1S/C15H20N4/c1-2-13-14-12(15(16)18-17-14)8-9-19(13)10-11-6-4-3-5-7-11/h3-7,13H,2,8-10H2,1H3,(H3,16,17,18). The number of benzene rings is 1. The number of anilines is 1. The van der Waals surface area contributed by atoms with Gasteiger partial charge in [-0.2, -0.15) is 5.10 Å². The number of fused-ring (bicyclic) bond motifs is 1. The first-order chi connectivity index (χ1) is 9.29. The van der Waals surface area contributed by atoms with Crippen LogP contribution in [0.15, 0.2) is 30.3 Å². The molecule has 1 unspecified atom stereocenters. The highest BCUT2D eigenvalue weighted by molar-refractivity contribution is 5.44. The Bertz CT molecular complexity index is 547. The molecule has 0 fully saturated rings. The Balaban J connectivity index is 1.84. The van der Waals surface area contributed by atoms with Crippen molar-refractivity contribution in [1.29, 1.82) is 0 Å². The van der Waals surface area contributed by atoms with E-state index in [1.54, 1.807) is 0 Å². The van der Waals surface area contributed by atoms with Gasteiger partial charge in [0.05, 0.1) is 11.7 Å². The summed E-state index contributed by atoms with van der Waals surface area (Å²) in [7, 11) is 0. The van der Waals surface area contributed by atoms with Crippen LogP contribution in [0, 0.1) is 0 Å². The van der Waals surface area contributed by atoms with Crippen molar-refractivity contribution in [3.63, 3.8) is 0 Å². The number of aromatic amines is 1. The van der Waals surface area contributed by atoms with E-state index in [4.69, 9.17) is 5.73 Å². The predicted molar refractivity (Wildman–Crippen MR) is 76.6 cm³/mol. The van der Waals surface area contributed by atoms with E-state index in [9.17, 15) is 0 Å². The molecule has 0 bridgehead atoms. The van der Waals surface area contributed by atoms with Gasteiger partial charge in [-0.25, -0.2) is 0 Å². The predicted octanol–water partition coefficient (Wildman–Crippen LogP) is 2.50. The molecule has 1 aromatic heterocycles. The highest BCUT2D eigenvalue weighted by Gasteiger charge is 2.29. The zero-order chi connectivity index (χ0) is 13.2. The summed E-state index contributed by atoms with van der Waals surface area (Å²) < 4.78 is 0. The van der Waals surface area contributed by atoms with E-state index in [1.165, 1.54) is 16.8 Å². The van der Waals surface area contributed by atoms with E-state index in [2.05, 4.69) is 52.4 Å². The Hall–Kier alpha value is -1.81. The fourth-order valence-corrected chi connectivity index (χ4v) is 3.00. The van der Waals surface area contributed by atoms with Gasteiger partial charge in [-0.05, 0) is 18.4 Å². The molecule has 0 spiro atoms. The van der Waals surface area contributed by atoms with E-state index in [1.807, 2.05) is 0 Å². The number of aromatic nitrogens is 2. The van der Waals surface area contributed by atoms with Crippen molar-refractivity contribution in [1.82, 2.24) is 15.1 Å². The van der Waals surface area contributed by atoms with Crippen molar-refractivity contribution in [2.75, 3.05) is 12.3 Å². The summed E-state index contributed by atoms with van der Waals surface area (Å²) in [5, 5.41) is 7.29. The quantitative estimate of drug-likeness (QED) is 0.887. The lowest BCUT2D eigenvalue weighted by Crippen LogP contribution is -2.34. The molecular formula is C15H20N4. The molecule has 0 aliphatic carbocycles. The smallest absolute Gasteiger partial charge is 0.148 e. The Kier molecular flexibility index (Phi) is 3.25. The summed E-state index contributed by atoms with van der Waals surface area (Å²) in [6.07, 6.45) is 2.06. The zero-order valence-corrected chi connectivity index (χ0v) is 11.3. The fourth-order valence-electron chi connectivity index (χ4n) is 3.00. The molecular weight excluding hydrogens is 236 g/mol. The maximum atomic E-state index is 5.92. The van der Waals surface area contributed by atoms with Crippen LogP contribution in [-0.4, -0.2) is 21.6 Å². The summed E-state index contributed by atoms with van der Waals surface area (Å²) in [5.41, 5.74) is 9.70. The maximum absolute atomic E-state index is 5.92. The molecule has 2 aromatic rings. The minimum atomic E-state index is 0.397. The van der Waals surface area contributed by atoms with Crippen molar-refractivity contribution < 1.29 is 0 Å². The van der Waals surface area contributed by atoms with Crippen molar-refractivity contribution in [2.45, 2.75) is 32.4 Å². The lowest BCUT2D eigenvalue weighted by atomic mass is 9.96. The van der Waals surface area contributed by atoms with Crippen molar-refractivity contribution >= 4 is 5.82 Å². The van der Waals surface area contributed by atoms with Crippen molar-refractivity contribution in [2.24, 2.45) is 0 Å². The molecule has 4 nitrogen and oxygen atoms in total. The number of rotatable bonds is 3. The van der Waals surface area contributed by atoms with Gasteiger partial charge in [0.1, 0.15) is 5.82 Å². The minimum absolute atomic E-state index is 0.397. The van der Waals surface area contributed by atoms with Gasteiger partial charge in [0.2, 0.25) is 0 Å². The maximum Gasteiger partial charge on any atom is 0.148 e. The first kappa shape index (κ1) is 12.2. The van der Waals surface area contributed by atoms with E-state index in [-0.39, 0.29) is 0 Å². The van der Waals surface area contributed by atoms with Crippen LogP contribution in [0.5, 0.6) is 0 Å². The lowest BCUT2D eigenvalue weighted by Gasteiger charge is -2.34. The highest BCUT2D eigenvalue weighted by Crippen LogP contribution is 2.33. The molecule has 4 heteroatoms. The molecule has 0 radical (unpaired) electrons. The molecule has 1 atom stereocenters. The number of nitrogens with two attached hydrogens (primary N) is 1. The third-order valence-electron chi connectivity index (χ3n) is 3.97. The molecule has 2 heterocycles. The second-order valence-corrected chi connectivity index (χ2v) is 5.13. The van der Waals surface area contributed by atoms with Crippen molar-refractivity contribution in [3.8, 4) is 0 Å². The molecule has 3 N–H and O–H groups in total. The van der Waals surface area contributed by atoms with E-state index in [0.29, 0.717) is 11.9 Å². The second-order valence-electron chi connectivity index (χ2n) is 5.13. The van der Waals surface area contributed by atoms with E-state index >= 15 is 0 Å². The Labute approximate surface area is 113 Å². The molecule has 3 rings (SSSR count). The summed E-state index contributed by atoms with van der Waals surface area (Å²) in [4.78, 5) is 2.51. The number of hydrogen-bond donors (Lipinski definition) is 2. The highest BCUT2D eigenvalue weighted by atomic mass is 15.2. The number of H-pyrrole nitrogens is 1. The number of nitrogen functional groups attached to an aromatic ring is 1. The first-order valence-electron chi connectivity index (χ1n) is 6.90. The number of nitrogens with zero attached hydrogens (tertiary/aromatic N) is 2. The van der Waals surface area contributed by atoms with Gasteiger partial charge in [-0.1, -0.05) is 37.3 Å². The van der Waals surface area contributed by atoms with Crippen LogP contribution in [0.1, 0.15) is 36.2 Å². The van der Waals surface area contributed by atoms with Crippen LogP contribution in [0.3, 0.4) is 0 Å². The van der Waals surface area contributed by atoms with E-state index in [0.717, 1.165) is 25.9 Å². The van der Waals surface area contributed by atoms with Crippen LogP contribution in [0.4, 0.5) is 5.82 Å². The first-order valence-corrected chi connectivity index (χ1v) is 6.90. The van der Waals surface area contributed by atoms with Gasteiger partial charge < -0.3 is 5.73 Å². The monoisotopic (exact) mass is 256 g/mol. The third kappa shape index (κ3) is 2.24. The van der Waals surface area contributed by atoms with Gasteiger partial charge in [0.25, 0.3) is 0 Å². The van der Waals surface area contributed by atoms with Gasteiger partial charge in [-0.3, -0.25) is 10.00 Å². The molecule has 100 valence electrons. The average Bonchev–Trinajstić information content (AvgIpc) is 2.82. The number of nitrogens with one attached hydrogen (secondary N) is 1. The second kappa shape index (κ2) is 5.05. The summed E-state index contributed by atoms with van der Waals surface area (Å²) in [5.74, 6) is 0.674. The van der Waals surface area contributed by atoms with Gasteiger partial charge in [0, 0.05) is 18.7 Å². The molecule has 19 heavy (non-hydrogen) atoms. The van der Waals surface area contributed by atoms with Crippen LogP contribution in [0.2, 0.25) is 0 Å². The normalized spacial score (nSPS) is 19.3. The van der Waals surface area contributed by atoms with Crippen LogP contribution in [0.25, 0.3) is 0 Å². The number of hydrogen-bond acceptors (Lipinski definition) is 3. The van der Waals surface area contributed by atoms with Gasteiger partial charge in [-0.15, -0.1) is 0 Å². The molecule has 0 saturated heterocycles. The Morgan fingerprint density at radius 2 is 2.16 bits per heavy atom. The van der Waals surface area contributed by atoms with Gasteiger partial charge in [0.15, 0.2) is 0 Å². The largest absolute Gasteiger partial charge is 0.382 e. The van der Waals surface area contributed by atoms with E-state index < -0.39 is 0 Å². The lowest BCUT2D eigenvalue weighted by molar-refractivity contribution is 0.168. The molecule has 1 aliphatic rings.